The molecule has 0 N–H and O–H groups in total. The highest BCUT2D eigenvalue weighted by Gasteiger charge is 2.46. The normalized spacial score (nSPS) is 19.0. The number of hydrogen-bond donors (Lipinski definition) is 0. The van der Waals surface area contributed by atoms with Gasteiger partial charge in [-0.25, -0.2) is 0 Å². The van der Waals surface area contributed by atoms with Crippen molar-refractivity contribution in [3.8, 4) is 0 Å². The van der Waals surface area contributed by atoms with Crippen LogP contribution in [-0.4, -0.2) is 0 Å². The van der Waals surface area contributed by atoms with Crippen LogP contribution >= 0.6 is 0 Å². The molecule has 2 aliphatic rings. The Morgan fingerprint density at radius 2 is 0.857 bits per heavy atom. The average molecular weight is 469 g/mol. The fourth-order valence-corrected chi connectivity index (χ4v) is 7.59. The summed E-state index contributed by atoms with van der Waals surface area (Å²) < 4.78 is 0. The molecule has 4 rings (SSSR count). The number of hydrogen-bond acceptors (Lipinski definition) is 0. The Labute approximate surface area is 215 Å². The van der Waals surface area contributed by atoms with Crippen molar-refractivity contribution in [2.24, 2.45) is 5.41 Å². The number of rotatable bonds is 10. The van der Waals surface area contributed by atoms with Gasteiger partial charge in [0.15, 0.2) is 0 Å². The Bertz CT molecular complexity index is 1050. The molecule has 0 spiro atoms. The maximum absolute atomic E-state index is 2.58. The number of fused-ring (bicyclic) bond motifs is 2. The zero-order chi connectivity index (χ0) is 25.3. The van der Waals surface area contributed by atoms with Gasteiger partial charge >= 0.3 is 0 Å². The van der Waals surface area contributed by atoms with Gasteiger partial charge in [0.1, 0.15) is 0 Å². The van der Waals surface area contributed by atoms with E-state index in [2.05, 4.69) is 91.8 Å². The first-order chi connectivity index (χ1) is 16.8. The van der Waals surface area contributed by atoms with E-state index in [-0.39, 0.29) is 5.41 Å². The van der Waals surface area contributed by atoms with Crippen LogP contribution in [0.3, 0.4) is 0 Å². The molecule has 0 heterocycles. The molecule has 2 aromatic carbocycles. The predicted molar refractivity (Wildman–Crippen MR) is 155 cm³/mol. The Morgan fingerprint density at radius 1 is 0.543 bits per heavy atom. The summed E-state index contributed by atoms with van der Waals surface area (Å²) in [6.45, 7) is 19.2. The first-order valence-corrected chi connectivity index (χ1v) is 14.5. The number of aryl methyl sites for hydroxylation is 4. The lowest BCUT2D eigenvalue weighted by Gasteiger charge is -2.42. The van der Waals surface area contributed by atoms with Crippen molar-refractivity contribution in [3.63, 3.8) is 0 Å². The fourth-order valence-electron chi connectivity index (χ4n) is 7.59. The van der Waals surface area contributed by atoms with Gasteiger partial charge in [-0.15, -0.1) is 0 Å². The summed E-state index contributed by atoms with van der Waals surface area (Å²) in [6.07, 6.45) is 14.7. The maximum atomic E-state index is 2.58. The molecule has 2 unspecified atom stereocenters. The van der Waals surface area contributed by atoms with Crippen LogP contribution in [0, 0.1) is 5.41 Å². The lowest BCUT2D eigenvalue weighted by molar-refractivity contribution is 0.273. The molecule has 2 aliphatic carbocycles. The van der Waals surface area contributed by atoms with E-state index in [1.54, 1.807) is 55.7 Å². The van der Waals surface area contributed by atoms with Crippen LogP contribution in [0.15, 0.2) is 35.4 Å². The first-order valence-electron chi connectivity index (χ1n) is 14.5. The molecule has 0 radical (unpaired) electrons. The lowest BCUT2D eigenvalue weighted by Crippen LogP contribution is -2.31. The molecular formula is C35H48. The second kappa shape index (κ2) is 10.5. The smallest absolute Gasteiger partial charge is 0.0118 e. The summed E-state index contributed by atoms with van der Waals surface area (Å²) in [5.74, 6) is 0.943. The van der Waals surface area contributed by atoms with Gasteiger partial charge in [-0.2, -0.15) is 0 Å². The van der Waals surface area contributed by atoms with Crippen molar-refractivity contribution < 1.29 is 0 Å². The van der Waals surface area contributed by atoms with Gasteiger partial charge in [0.2, 0.25) is 0 Å². The van der Waals surface area contributed by atoms with Crippen molar-refractivity contribution in [1.82, 2.24) is 0 Å². The minimum atomic E-state index is 0.109. The van der Waals surface area contributed by atoms with E-state index in [1.165, 1.54) is 51.4 Å². The number of allylic oxidation sites excluding steroid dienone is 2. The Morgan fingerprint density at radius 3 is 1.20 bits per heavy atom. The zero-order valence-electron chi connectivity index (χ0n) is 23.8. The molecule has 2 aromatic rings. The minimum absolute atomic E-state index is 0.109. The minimum Gasteiger partial charge on any atom is -0.0651 e. The molecule has 0 nitrogen and oxygen atoms in total. The van der Waals surface area contributed by atoms with Gasteiger partial charge in [-0.3, -0.25) is 0 Å². The summed E-state index contributed by atoms with van der Waals surface area (Å²) in [6, 6.07) is 9.80. The van der Waals surface area contributed by atoms with Crippen LogP contribution in [0.25, 0.3) is 12.2 Å². The Balaban J connectivity index is 1.89. The third-order valence-corrected chi connectivity index (χ3v) is 8.73. The van der Waals surface area contributed by atoms with E-state index in [9.17, 15) is 0 Å². The standard InChI is InChI=1S/C35H48/c1-9-13-25-17-19-27(15-11-3)31-29(25)21-23(5)33(31)35(7,8)34-24(6)22-30-26(14-10-2)18-20-28(16-12-4)32(30)34/h17-22,33-34H,9-16H2,1-8H3. The monoisotopic (exact) mass is 468 g/mol. The van der Waals surface area contributed by atoms with Crippen LogP contribution in [0.1, 0.15) is 137 Å². The van der Waals surface area contributed by atoms with E-state index in [4.69, 9.17) is 0 Å². The van der Waals surface area contributed by atoms with Crippen molar-refractivity contribution in [3.05, 3.63) is 79.9 Å². The van der Waals surface area contributed by atoms with Crippen molar-refractivity contribution in [1.29, 1.82) is 0 Å². The molecule has 35 heavy (non-hydrogen) atoms. The van der Waals surface area contributed by atoms with Gasteiger partial charge in [0.05, 0.1) is 0 Å². The molecule has 0 bridgehead atoms. The first kappa shape index (κ1) is 26.0. The zero-order valence-corrected chi connectivity index (χ0v) is 23.8. The van der Waals surface area contributed by atoms with E-state index < -0.39 is 0 Å². The molecule has 0 saturated heterocycles. The Kier molecular flexibility index (Phi) is 7.80. The molecular weight excluding hydrogens is 420 g/mol. The van der Waals surface area contributed by atoms with E-state index in [0.29, 0.717) is 11.8 Å². The van der Waals surface area contributed by atoms with Crippen LogP contribution in [0.2, 0.25) is 0 Å². The molecule has 0 heteroatoms. The van der Waals surface area contributed by atoms with E-state index in [1.807, 2.05) is 0 Å². The molecule has 0 fully saturated rings. The van der Waals surface area contributed by atoms with Crippen molar-refractivity contribution in [2.75, 3.05) is 0 Å². The fraction of sp³-hybridized carbons (Fsp3) is 0.543. The van der Waals surface area contributed by atoms with Crippen molar-refractivity contribution >= 4 is 12.2 Å². The van der Waals surface area contributed by atoms with Gasteiger partial charge < -0.3 is 0 Å². The second-order valence-corrected chi connectivity index (χ2v) is 11.9. The quantitative estimate of drug-likeness (QED) is 0.325. The summed E-state index contributed by atoms with van der Waals surface area (Å²) in [4.78, 5) is 0. The van der Waals surface area contributed by atoms with Crippen LogP contribution in [-0.2, 0) is 25.7 Å². The number of benzene rings is 2. The van der Waals surface area contributed by atoms with Gasteiger partial charge in [-0.1, -0.05) is 115 Å². The highest BCUT2D eigenvalue weighted by molar-refractivity contribution is 5.75. The van der Waals surface area contributed by atoms with Crippen LogP contribution < -0.4 is 0 Å². The summed E-state index contributed by atoms with van der Waals surface area (Å²) in [5, 5.41) is 0. The molecule has 0 aliphatic heterocycles. The van der Waals surface area contributed by atoms with Gasteiger partial charge in [-0.05, 0) is 89.5 Å². The summed E-state index contributed by atoms with van der Waals surface area (Å²) in [7, 11) is 0. The average Bonchev–Trinajstić information content (AvgIpc) is 3.36. The highest BCUT2D eigenvalue weighted by Crippen LogP contribution is 2.60. The Hall–Kier alpha value is -2.08. The van der Waals surface area contributed by atoms with E-state index in [0.717, 1.165) is 0 Å². The van der Waals surface area contributed by atoms with Gasteiger partial charge in [0, 0.05) is 11.8 Å². The van der Waals surface area contributed by atoms with Gasteiger partial charge in [0.25, 0.3) is 0 Å². The SMILES string of the molecule is CCCc1ccc(CCC)c2c1C=C(C)C2C(C)(C)C1C(C)=Cc2c(CCC)ccc(CCC)c21. The molecule has 0 aromatic heterocycles. The highest BCUT2D eigenvalue weighted by atomic mass is 14.5. The second-order valence-electron chi connectivity index (χ2n) is 11.9. The topological polar surface area (TPSA) is 0 Å². The molecule has 0 saturated carbocycles. The lowest BCUT2D eigenvalue weighted by atomic mass is 9.61. The summed E-state index contributed by atoms with van der Waals surface area (Å²) in [5.41, 5.74) is 15.9. The molecule has 2 atom stereocenters. The van der Waals surface area contributed by atoms with E-state index >= 15 is 0 Å². The predicted octanol–water partition coefficient (Wildman–Crippen LogP) is 10.2. The van der Waals surface area contributed by atoms with Crippen molar-refractivity contribution in [2.45, 2.75) is 119 Å². The third-order valence-electron chi connectivity index (χ3n) is 8.73. The summed E-state index contributed by atoms with van der Waals surface area (Å²) >= 11 is 0. The maximum Gasteiger partial charge on any atom is 0.0118 e. The largest absolute Gasteiger partial charge is 0.0651 e. The molecule has 188 valence electrons. The molecule has 0 amide bonds. The third kappa shape index (κ3) is 4.47. The van der Waals surface area contributed by atoms with Crippen LogP contribution in [0.5, 0.6) is 0 Å². The van der Waals surface area contributed by atoms with Crippen LogP contribution in [0.4, 0.5) is 0 Å².